The quantitative estimate of drug-likeness (QED) is 0.676. The van der Waals surface area contributed by atoms with Crippen LogP contribution in [0.15, 0.2) is 34.9 Å². The highest BCUT2D eigenvalue weighted by Crippen LogP contribution is 2.31. The van der Waals surface area contributed by atoms with Crippen LogP contribution in [-0.4, -0.2) is 0 Å². The summed E-state index contributed by atoms with van der Waals surface area (Å²) in [5.74, 6) is 0. The van der Waals surface area contributed by atoms with Gasteiger partial charge in [-0.1, -0.05) is 0 Å². The van der Waals surface area contributed by atoms with E-state index in [1.54, 1.807) is 12.5 Å². The van der Waals surface area contributed by atoms with E-state index in [1.807, 2.05) is 20.8 Å². The van der Waals surface area contributed by atoms with E-state index in [0.717, 1.165) is 29.7 Å². The Morgan fingerprint density at radius 3 is 2.31 bits per heavy atom. The lowest BCUT2D eigenvalue weighted by Crippen LogP contribution is -1.98. The fourth-order valence-corrected chi connectivity index (χ4v) is 0.946. The number of ether oxygens (including phenoxy) is 1. The summed E-state index contributed by atoms with van der Waals surface area (Å²) in [6.07, 6.45) is 5.72. The summed E-state index contributed by atoms with van der Waals surface area (Å²) in [6, 6.07) is 0. The van der Waals surface area contributed by atoms with Crippen molar-refractivity contribution in [2.75, 3.05) is 0 Å². The van der Waals surface area contributed by atoms with Crippen LogP contribution >= 0.6 is 0 Å². The zero-order chi connectivity index (χ0) is 9.84. The summed E-state index contributed by atoms with van der Waals surface area (Å²) >= 11 is 0. The van der Waals surface area contributed by atoms with E-state index in [2.05, 4.69) is 0 Å². The maximum absolute atomic E-state index is 5.85. The standard InChI is InChI=1S/C11H17NO/c1-8(2)6-13-7-9(3)11(12)10-4-5-10/h6-7H,4-5,12H2,1-3H3/b9-7+. The molecule has 2 nitrogen and oxygen atoms in total. The molecule has 0 aromatic carbocycles. The van der Waals surface area contributed by atoms with Gasteiger partial charge in [0.2, 0.25) is 0 Å². The number of hydrogen-bond donors (Lipinski definition) is 1. The highest BCUT2D eigenvalue weighted by atomic mass is 16.5. The minimum Gasteiger partial charge on any atom is -0.472 e. The first-order chi connectivity index (χ1) is 6.11. The molecule has 0 unspecified atom stereocenters. The molecule has 1 aliphatic rings. The molecule has 0 radical (unpaired) electrons. The Hall–Kier alpha value is -1.18. The van der Waals surface area contributed by atoms with Gasteiger partial charge in [0.1, 0.15) is 0 Å². The van der Waals surface area contributed by atoms with Gasteiger partial charge in [0, 0.05) is 11.3 Å². The molecule has 2 heteroatoms. The van der Waals surface area contributed by atoms with Gasteiger partial charge >= 0.3 is 0 Å². The van der Waals surface area contributed by atoms with Gasteiger partial charge in [-0.15, -0.1) is 0 Å². The average Bonchev–Trinajstić information content (AvgIpc) is 2.84. The third kappa shape index (κ3) is 3.36. The van der Waals surface area contributed by atoms with Crippen molar-refractivity contribution in [1.29, 1.82) is 0 Å². The largest absolute Gasteiger partial charge is 0.472 e. The molecular formula is C11H17NO. The van der Waals surface area contributed by atoms with Gasteiger partial charge in [-0.25, -0.2) is 0 Å². The monoisotopic (exact) mass is 179 g/mol. The van der Waals surface area contributed by atoms with Crippen LogP contribution in [-0.2, 0) is 4.74 Å². The normalized spacial score (nSPS) is 15.3. The Morgan fingerprint density at radius 1 is 1.23 bits per heavy atom. The lowest BCUT2D eigenvalue weighted by atomic mass is 10.2. The van der Waals surface area contributed by atoms with E-state index in [-0.39, 0.29) is 0 Å². The van der Waals surface area contributed by atoms with Crippen LogP contribution in [0.25, 0.3) is 0 Å². The zero-order valence-corrected chi connectivity index (χ0v) is 8.55. The van der Waals surface area contributed by atoms with Crippen molar-refractivity contribution < 1.29 is 4.74 Å². The smallest absolute Gasteiger partial charge is 0.0951 e. The first kappa shape index (κ1) is 9.90. The second-order valence-corrected chi connectivity index (χ2v) is 3.65. The molecule has 0 heterocycles. The predicted molar refractivity (Wildman–Crippen MR) is 54.7 cm³/mol. The van der Waals surface area contributed by atoms with Crippen molar-refractivity contribution in [1.82, 2.24) is 0 Å². The summed E-state index contributed by atoms with van der Waals surface area (Å²) in [6.45, 7) is 5.96. The van der Waals surface area contributed by atoms with Crippen LogP contribution in [0.5, 0.6) is 0 Å². The van der Waals surface area contributed by atoms with E-state index in [9.17, 15) is 0 Å². The van der Waals surface area contributed by atoms with Crippen molar-refractivity contribution >= 4 is 0 Å². The molecule has 0 aromatic rings. The molecule has 0 aliphatic heterocycles. The number of hydrogen-bond acceptors (Lipinski definition) is 2. The molecule has 2 N–H and O–H groups in total. The van der Waals surface area contributed by atoms with Crippen LogP contribution in [0.2, 0.25) is 0 Å². The number of nitrogens with two attached hydrogens (primary N) is 1. The number of allylic oxidation sites excluding steroid dienone is 3. The highest BCUT2D eigenvalue weighted by molar-refractivity contribution is 5.36. The number of rotatable bonds is 3. The Bertz CT molecular complexity index is 274. The fourth-order valence-electron chi connectivity index (χ4n) is 0.946. The summed E-state index contributed by atoms with van der Waals surface area (Å²) < 4.78 is 5.22. The van der Waals surface area contributed by atoms with E-state index >= 15 is 0 Å². The summed E-state index contributed by atoms with van der Waals surface area (Å²) in [4.78, 5) is 0. The van der Waals surface area contributed by atoms with Crippen LogP contribution in [0.3, 0.4) is 0 Å². The second kappa shape index (κ2) is 4.17. The fraction of sp³-hybridized carbons (Fsp3) is 0.455. The first-order valence-corrected chi connectivity index (χ1v) is 4.54. The van der Waals surface area contributed by atoms with Gasteiger partial charge in [0.05, 0.1) is 12.5 Å². The molecule has 0 aromatic heterocycles. The molecule has 72 valence electrons. The maximum Gasteiger partial charge on any atom is 0.0951 e. The molecule has 1 saturated carbocycles. The minimum atomic E-state index is 0.905. The lowest BCUT2D eigenvalue weighted by molar-refractivity contribution is 0.394. The summed E-state index contributed by atoms with van der Waals surface area (Å²) in [5, 5.41) is 0. The molecule has 0 spiro atoms. The second-order valence-electron chi connectivity index (χ2n) is 3.65. The van der Waals surface area contributed by atoms with Crippen molar-refractivity contribution in [3.63, 3.8) is 0 Å². The van der Waals surface area contributed by atoms with Crippen LogP contribution < -0.4 is 5.73 Å². The van der Waals surface area contributed by atoms with Crippen molar-refractivity contribution in [3.8, 4) is 0 Å². The lowest BCUT2D eigenvalue weighted by Gasteiger charge is -2.00. The predicted octanol–water partition coefficient (Wildman–Crippen LogP) is 2.84. The Balaban J connectivity index is 2.52. The summed E-state index contributed by atoms with van der Waals surface area (Å²) in [7, 11) is 0. The third-order valence-electron chi connectivity index (χ3n) is 1.85. The van der Waals surface area contributed by atoms with Crippen LogP contribution in [0.4, 0.5) is 0 Å². The molecule has 0 bridgehead atoms. The molecule has 0 saturated heterocycles. The van der Waals surface area contributed by atoms with Gasteiger partial charge in [-0.2, -0.15) is 0 Å². The van der Waals surface area contributed by atoms with Crippen molar-refractivity contribution in [2.45, 2.75) is 33.6 Å². The third-order valence-corrected chi connectivity index (χ3v) is 1.85. The van der Waals surface area contributed by atoms with Crippen molar-refractivity contribution in [2.24, 2.45) is 5.73 Å². The van der Waals surface area contributed by atoms with Gasteiger partial charge < -0.3 is 10.5 Å². The van der Waals surface area contributed by atoms with Crippen LogP contribution in [0, 0.1) is 0 Å². The van der Waals surface area contributed by atoms with Crippen molar-refractivity contribution in [3.05, 3.63) is 34.9 Å². The van der Waals surface area contributed by atoms with E-state index in [1.165, 1.54) is 5.57 Å². The molecule has 0 amide bonds. The molecule has 1 rings (SSSR count). The van der Waals surface area contributed by atoms with Gasteiger partial charge in [-0.05, 0) is 44.8 Å². The first-order valence-electron chi connectivity index (χ1n) is 4.54. The molecule has 0 atom stereocenters. The van der Waals surface area contributed by atoms with Gasteiger partial charge in [0.15, 0.2) is 0 Å². The summed E-state index contributed by atoms with van der Waals surface area (Å²) in [5.41, 5.74) is 10.3. The maximum atomic E-state index is 5.85. The van der Waals surface area contributed by atoms with E-state index in [4.69, 9.17) is 10.5 Å². The Kier molecular flexibility index (Phi) is 3.18. The Morgan fingerprint density at radius 2 is 1.85 bits per heavy atom. The average molecular weight is 179 g/mol. The molecule has 13 heavy (non-hydrogen) atoms. The topological polar surface area (TPSA) is 35.2 Å². The van der Waals surface area contributed by atoms with Gasteiger partial charge in [-0.3, -0.25) is 0 Å². The molecule has 1 aliphatic carbocycles. The highest BCUT2D eigenvalue weighted by Gasteiger charge is 2.16. The molecular weight excluding hydrogens is 162 g/mol. The SMILES string of the molecule is CC(C)=CO/C=C(\C)C(N)=C1CC1. The molecule has 1 fully saturated rings. The van der Waals surface area contributed by atoms with E-state index in [0.29, 0.717) is 0 Å². The van der Waals surface area contributed by atoms with E-state index < -0.39 is 0 Å². The zero-order valence-electron chi connectivity index (χ0n) is 8.55. The van der Waals surface area contributed by atoms with Crippen LogP contribution in [0.1, 0.15) is 33.6 Å². The Labute approximate surface area is 79.8 Å². The van der Waals surface area contributed by atoms with Gasteiger partial charge in [0.25, 0.3) is 0 Å². The minimum absolute atomic E-state index is 0.905.